The summed E-state index contributed by atoms with van der Waals surface area (Å²) in [6, 6.07) is 0. The number of anilines is 1. The van der Waals surface area contributed by atoms with Crippen molar-refractivity contribution < 1.29 is 13.7 Å². The number of carbonyl (C=O) groups is 1. The Balaban J connectivity index is 1.91. The van der Waals surface area contributed by atoms with Gasteiger partial charge in [-0.1, -0.05) is 0 Å². The van der Waals surface area contributed by atoms with E-state index >= 15 is 0 Å². The zero-order valence-electron chi connectivity index (χ0n) is 11.8. The van der Waals surface area contributed by atoms with Crippen LogP contribution in [-0.4, -0.2) is 40.3 Å². The predicted octanol–water partition coefficient (Wildman–Crippen LogP) is 1.92. The van der Waals surface area contributed by atoms with Crippen LogP contribution in [0.1, 0.15) is 36.3 Å². The van der Waals surface area contributed by atoms with Crippen molar-refractivity contribution in [1.29, 1.82) is 0 Å². The zero-order valence-corrected chi connectivity index (χ0v) is 13.4. The van der Waals surface area contributed by atoms with E-state index in [0.717, 1.165) is 36.6 Å². The minimum atomic E-state index is -0.746. The lowest BCUT2D eigenvalue weighted by molar-refractivity contribution is -0.145. The quantitative estimate of drug-likeness (QED) is 0.615. The molecule has 0 radical (unpaired) electrons. The average molecular weight is 316 g/mol. The summed E-state index contributed by atoms with van der Waals surface area (Å²) >= 11 is 1.61. The lowest BCUT2D eigenvalue weighted by Crippen LogP contribution is -2.14. The summed E-state index contributed by atoms with van der Waals surface area (Å²) in [6.45, 7) is 2.99. The summed E-state index contributed by atoms with van der Waals surface area (Å²) in [7, 11) is -0.746. The molecule has 0 spiro atoms. The summed E-state index contributed by atoms with van der Waals surface area (Å²) in [5.41, 5.74) is 0.884. The Morgan fingerprint density at radius 2 is 2.40 bits per heavy atom. The van der Waals surface area contributed by atoms with Crippen molar-refractivity contribution in [2.24, 2.45) is 0 Å². The highest BCUT2D eigenvalue weighted by atomic mass is 32.2. The van der Waals surface area contributed by atoms with Gasteiger partial charge in [0.2, 0.25) is 0 Å². The number of aryl methyl sites for hydroxylation is 1. The SMILES string of the molecule is CCOC(=O)C1CCc2sc(NCCCS(C)=O)nc21. The van der Waals surface area contributed by atoms with Gasteiger partial charge in [0.15, 0.2) is 5.13 Å². The third-order valence-electron chi connectivity index (χ3n) is 3.17. The van der Waals surface area contributed by atoms with Crippen LogP contribution in [-0.2, 0) is 26.8 Å². The minimum absolute atomic E-state index is 0.163. The molecule has 0 saturated carbocycles. The fourth-order valence-electron chi connectivity index (χ4n) is 2.25. The van der Waals surface area contributed by atoms with E-state index in [0.29, 0.717) is 12.4 Å². The second-order valence-electron chi connectivity index (χ2n) is 4.73. The first kappa shape index (κ1) is 15.4. The lowest BCUT2D eigenvalue weighted by Gasteiger charge is -2.08. The molecule has 2 rings (SSSR count). The Hall–Kier alpha value is -0.950. The minimum Gasteiger partial charge on any atom is -0.465 e. The number of hydrogen-bond acceptors (Lipinski definition) is 6. The molecule has 0 aliphatic heterocycles. The number of esters is 1. The number of thiazole rings is 1. The van der Waals surface area contributed by atoms with Crippen LogP contribution in [0.5, 0.6) is 0 Å². The molecule has 1 aromatic rings. The molecule has 0 aromatic carbocycles. The van der Waals surface area contributed by atoms with Crippen LogP contribution in [0.25, 0.3) is 0 Å². The van der Waals surface area contributed by atoms with E-state index in [9.17, 15) is 9.00 Å². The molecule has 1 aromatic heterocycles. The summed E-state index contributed by atoms with van der Waals surface area (Å²) in [5.74, 6) is 0.341. The molecule has 112 valence electrons. The van der Waals surface area contributed by atoms with Gasteiger partial charge in [-0.2, -0.15) is 0 Å². The monoisotopic (exact) mass is 316 g/mol. The van der Waals surface area contributed by atoms with Gasteiger partial charge in [0.1, 0.15) is 5.92 Å². The van der Waals surface area contributed by atoms with E-state index in [4.69, 9.17) is 4.74 Å². The number of fused-ring (bicyclic) bond motifs is 1. The molecule has 20 heavy (non-hydrogen) atoms. The number of ether oxygens (including phenoxy) is 1. The normalized spacial score (nSPS) is 18.6. The van der Waals surface area contributed by atoms with Gasteiger partial charge in [0.05, 0.1) is 12.3 Å². The number of nitrogens with one attached hydrogen (secondary N) is 1. The Kier molecular flexibility index (Phi) is 5.54. The molecule has 1 aliphatic carbocycles. The molecule has 5 nitrogen and oxygen atoms in total. The lowest BCUT2D eigenvalue weighted by atomic mass is 10.1. The van der Waals surface area contributed by atoms with E-state index < -0.39 is 10.8 Å². The maximum Gasteiger partial charge on any atom is 0.315 e. The van der Waals surface area contributed by atoms with Gasteiger partial charge in [0.25, 0.3) is 0 Å². The molecule has 1 heterocycles. The highest BCUT2D eigenvalue weighted by Crippen LogP contribution is 2.38. The smallest absolute Gasteiger partial charge is 0.315 e. The van der Waals surface area contributed by atoms with Crippen molar-refractivity contribution in [3.8, 4) is 0 Å². The van der Waals surface area contributed by atoms with Crippen molar-refractivity contribution in [1.82, 2.24) is 4.98 Å². The van der Waals surface area contributed by atoms with Gasteiger partial charge < -0.3 is 10.1 Å². The first-order valence-electron chi connectivity index (χ1n) is 6.82. The summed E-state index contributed by atoms with van der Waals surface area (Å²) in [4.78, 5) is 17.5. The van der Waals surface area contributed by atoms with Crippen molar-refractivity contribution >= 4 is 33.2 Å². The maximum absolute atomic E-state index is 11.8. The van der Waals surface area contributed by atoms with E-state index in [-0.39, 0.29) is 11.9 Å². The van der Waals surface area contributed by atoms with Crippen molar-refractivity contribution in [3.63, 3.8) is 0 Å². The van der Waals surface area contributed by atoms with Crippen LogP contribution < -0.4 is 5.32 Å². The molecule has 1 N–H and O–H groups in total. The highest BCUT2D eigenvalue weighted by molar-refractivity contribution is 7.84. The predicted molar refractivity (Wildman–Crippen MR) is 81.8 cm³/mol. The Labute approximate surface area is 125 Å². The Morgan fingerprint density at radius 1 is 1.60 bits per heavy atom. The molecule has 0 fully saturated rings. The van der Waals surface area contributed by atoms with Crippen molar-refractivity contribution in [2.45, 2.75) is 32.1 Å². The second kappa shape index (κ2) is 7.17. The number of aromatic nitrogens is 1. The molecule has 0 saturated heterocycles. The third-order valence-corrected chi connectivity index (χ3v) is 5.13. The number of hydrogen-bond donors (Lipinski definition) is 1. The topological polar surface area (TPSA) is 68.3 Å². The first-order chi connectivity index (χ1) is 9.61. The number of carbonyl (C=O) groups excluding carboxylic acids is 1. The molecule has 2 atom stereocenters. The van der Waals surface area contributed by atoms with Gasteiger partial charge >= 0.3 is 5.97 Å². The molecule has 0 bridgehead atoms. The molecule has 0 amide bonds. The first-order valence-corrected chi connectivity index (χ1v) is 9.36. The summed E-state index contributed by atoms with van der Waals surface area (Å²) in [6.07, 6.45) is 4.27. The Bertz CT molecular complexity index is 502. The maximum atomic E-state index is 11.8. The molecular formula is C13H20N2O3S2. The largest absolute Gasteiger partial charge is 0.465 e. The van der Waals surface area contributed by atoms with Crippen LogP contribution >= 0.6 is 11.3 Å². The Morgan fingerprint density at radius 3 is 3.10 bits per heavy atom. The van der Waals surface area contributed by atoms with E-state index in [1.165, 1.54) is 4.88 Å². The number of rotatable bonds is 7. The second-order valence-corrected chi connectivity index (χ2v) is 7.37. The summed E-state index contributed by atoms with van der Waals surface area (Å²) in [5, 5.41) is 4.09. The molecular weight excluding hydrogens is 296 g/mol. The average Bonchev–Trinajstić information content (AvgIpc) is 2.94. The number of nitrogens with zero attached hydrogens (tertiary/aromatic N) is 1. The summed E-state index contributed by atoms with van der Waals surface area (Å²) < 4.78 is 16.1. The van der Waals surface area contributed by atoms with Crippen LogP contribution in [0.15, 0.2) is 0 Å². The van der Waals surface area contributed by atoms with Gasteiger partial charge in [-0.05, 0) is 26.2 Å². The third kappa shape index (κ3) is 3.79. The van der Waals surface area contributed by atoms with Crippen LogP contribution in [0.2, 0.25) is 0 Å². The van der Waals surface area contributed by atoms with Gasteiger partial charge in [-0.25, -0.2) is 4.98 Å². The van der Waals surface area contributed by atoms with Gasteiger partial charge in [0, 0.05) is 34.2 Å². The highest BCUT2D eigenvalue weighted by Gasteiger charge is 2.33. The fraction of sp³-hybridized carbons (Fsp3) is 0.692. The molecule has 1 aliphatic rings. The van der Waals surface area contributed by atoms with Crippen LogP contribution in [0, 0.1) is 0 Å². The van der Waals surface area contributed by atoms with E-state index in [1.807, 2.05) is 6.92 Å². The standard InChI is InChI=1S/C13H20N2O3S2/c1-3-18-12(16)9-5-6-10-11(9)15-13(19-10)14-7-4-8-20(2)17/h9H,3-8H2,1-2H3,(H,14,15). The van der Waals surface area contributed by atoms with Gasteiger partial charge in [-0.15, -0.1) is 11.3 Å². The fourth-order valence-corrected chi connectivity index (χ4v) is 3.86. The van der Waals surface area contributed by atoms with Crippen molar-refractivity contribution in [2.75, 3.05) is 30.5 Å². The zero-order chi connectivity index (χ0) is 14.5. The van der Waals surface area contributed by atoms with Crippen molar-refractivity contribution in [3.05, 3.63) is 10.6 Å². The molecule has 2 unspecified atom stereocenters. The molecule has 7 heteroatoms. The van der Waals surface area contributed by atoms with Crippen LogP contribution in [0.3, 0.4) is 0 Å². The van der Waals surface area contributed by atoms with Gasteiger partial charge in [-0.3, -0.25) is 9.00 Å². The van der Waals surface area contributed by atoms with E-state index in [2.05, 4.69) is 10.3 Å². The van der Waals surface area contributed by atoms with E-state index in [1.54, 1.807) is 17.6 Å². The van der Waals surface area contributed by atoms with Crippen LogP contribution in [0.4, 0.5) is 5.13 Å².